The maximum Gasteiger partial charge on any atom is 0.361 e. The first-order valence-electron chi connectivity index (χ1n) is 26.9. The van der Waals surface area contributed by atoms with Crippen molar-refractivity contribution in [3.05, 3.63) is 12.2 Å². The number of carbonyl (C=O) groups is 3. The number of esters is 2. The summed E-state index contributed by atoms with van der Waals surface area (Å²) in [6.07, 6.45) is 48.5. The Bertz CT molecular complexity index is 1040. The fraction of sp³-hybridized carbons (Fsp3) is 0.907. The van der Waals surface area contributed by atoms with Gasteiger partial charge in [-0.05, 0) is 38.5 Å². The van der Waals surface area contributed by atoms with Crippen LogP contribution >= 0.6 is 0 Å². The molecule has 0 saturated heterocycles. The highest BCUT2D eigenvalue weighted by Gasteiger charge is 2.25. The van der Waals surface area contributed by atoms with Gasteiger partial charge in [0, 0.05) is 12.8 Å². The Morgan fingerprint density at radius 3 is 1.17 bits per heavy atom. The van der Waals surface area contributed by atoms with E-state index < -0.39 is 18.4 Å². The van der Waals surface area contributed by atoms with Crippen molar-refractivity contribution in [2.24, 2.45) is 0 Å². The molecular formula is C54H104NO8+. The van der Waals surface area contributed by atoms with Crippen LogP contribution in [0.4, 0.5) is 0 Å². The second-order valence-electron chi connectivity index (χ2n) is 19.5. The van der Waals surface area contributed by atoms with Crippen LogP contribution in [0.1, 0.15) is 258 Å². The Hall–Kier alpha value is -1.97. The van der Waals surface area contributed by atoms with E-state index in [1.54, 1.807) is 0 Å². The summed E-state index contributed by atoms with van der Waals surface area (Å²) in [7, 11) is 5.97. The minimum Gasteiger partial charge on any atom is -0.477 e. The Labute approximate surface area is 389 Å². The first-order chi connectivity index (χ1) is 30.6. The summed E-state index contributed by atoms with van der Waals surface area (Å²) in [5.74, 6) is -1.99. The first-order valence-corrected chi connectivity index (χ1v) is 26.9. The maximum atomic E-state index is 12.8. The van der Waals surface area contributed by atoms with Crippen molar-refractivity contribution in [1.82, 2.24) is 0 Å². The van der Waals surface area contributed by atoms with Gasteiger partial charge in [-0.1, -0.05) is 219 Å². The molecule has 0 aliphatic carbocycles. The topological polar surface area (TPSA) is 108 Å². The molecule has 0 aliphatic rings. The average molecular weight is 895 g/mol. The lowest BCUT2D eigenvalue weighted by atomic mass is 10.0. The molecule has 0 rings (SSSR count). The van der Waals surface area contributed by atoms with Crippen LogP contribution in [-0.2, 0) is 33.3 Å². The molecule has 9 heteroatoms. The van der Waals surface area contributed by atoms with Gasteiger partial charge in [0.15, 0.2) is 6.10 Å². The third-order valence-corrected chi connectivity index (χ3v) is 12.0. The SMILES string of the molecule is CCCCCCCCCC/C=C\CCCCCCCCCCCCCC(=O)OC(COC(=O)CCCCCCCCCCCCCCCCC)COC(OCC[N+](C)(C)C)C(=O)O. The molecule has 0 aliphatic heterocycles. The molecule has 9 nitrogen and oxygen atoms in total. The predicted molar refractivity (Wildman–Crippen MR) is 263 cm³/mol. The molecule has 2 atom stereocenters. The van der Waals surface area contributed by atoms with Gasteiger partial charge in [0.05, 0.1) is 34.4 Å². The molecule has 0 aromatic rings. The van der Waals surface area contributed by atoms with Crippen LogP contribution in [0.3, 0.4) is 0 Å². The number of hydrogen-bond donors (Lipinski definition) is 1. The van der Waals surface area contributed by atoms with E-state index in [1.807, 2.05) is 21.1 Å². The molecule has 372 valence electrons. The molecule has 0 radical (unpaired) electrons. The molecule has 63 heavy (non-hydrogen) atoms. The summed E-state index contributed by atoms with van der Waals surface area (Å²) in [4.78, 5) is 37.3. The number of carboxylic acids is 1. The molecule has 0 spiro atoms. The highest BCUT2D eigenvalue weighted by molar-refractivity contribution is 5.71. The van der Waals surface area contributed by atoms with Crippen molar-refractivity contribution in [2.75, 3.05) is 47.5 Å². The number of ether oxygens (including phenoxy) is 4. The molecule has 0 heterocycles. The second kappa shape index (κ2) is 46.6. The number of unbranched alkanes of at least 4 members (excludes halogenated alkanes) is 33. The van der Waals surface area contributed by atoms with Gasteiger partial charge in [0.1, 0.15) is 13.2 Å². The zero-order chi connectivity index (χ0) is 46.3. The minimum atomic E-state index is -1.50. The van der Waals surface area contributed by atoms with Crippen molar-refractivity contribution < 1.29 is 42.9 Å². The molecule has 0 amide bonds. The number of quaternary nitrogens is 1. The van der Waals surface area contributed by atoms with Crippen LogP contribution in [0.25, 0.3) is 0 Å². The van der Waals surface area contributed by atoms with Crippen LogP contribution in [0, 0.1) is 0 Å². The Kier molecular flexibility index (Phi) is 45.1. The lowest BCUT2D eigenvalue weighted by molar-refractivity contribution is -0.870. The van der Waals surface area contributed by atoms with Crippen LogP contribution in [-0.4, -0.2) is 87.4 Å². The predicted octanol–water partition coefficient (Wildman–Crippen LogP) is 15.0. The van der Waals surface area contributed by atoms with E-state index in [2.05, 4.69) is 26.0 Å². The highest BCUT2D eigenvalue weighted by atomic mass is 16.7. The van der Waals surface area contributed by atoms with E-state index in [1.165, 1.54) is 193 Å². The van der Waals surface area contributed by atoms with Gasteiger partial charge in [0.2, 0.25) is 0 Å². The fourth-order valence-electron chi connectivity index (χ4n) is 7.83. The third-order valence-electron chi connectivity index (χ3n) is 12.0. The van der Waals surface area contributed by atoms with Gasteiger partial charge in [-0.2, -0.15) is 0 Å². The van der Waals surface area contributed by atoms with Crippen LogP contribution in [0.5, 0.6) is 0 Å². The first kappa shape index (κ1) is 61.0. The molecule has 0 saturated carbocycles. The summed E-state index contributed by atoms with van der Waals surface area (Å²) in [5.41, 5.74) is 0. The zero-order valence-corrected chi connectivity index (χ0v) is 42.3. The number of carboxylic acid groups (broad SMARTS) is 1. The van der Waals surface area contributed by atoms with Crippen LogP contribution < -0.4 is 0 Å². The molecule has 0 fully saturated rings. The second-order valence-corrected chi connectivity index (χ2v) is 19.5. The molecule has 0 aromatic carbocycles. The summed E-state index contributed by atoms with van der Waals surface area (Å²) in [6, 6.07) is 0. The number of aliphatic carboxylic acids is 1. The quantitative estimate of drug-likeness (QED) is 0.0211. The van der Waals surface area contributed by atoms with Crippen LogP contribution in [0.15, 0.2) is 12.2 Å². The molecular weight excluding hydrogens is 791 g/mol. The number of allylic oxidation sites excluding steroid dienone is 2. The fourth-order valence-corrected chi connectivity index (χ4v) is 7.83. The van der Waals surface area contributed by atoms with Gasteiger partial charge in [-0.25, -0.2) is 4.79 Å². The average Bonchev–Trinajstić information content (AvgIpc) is 3.24. The third kappa shape index (κ3) is 47.8. The largest absolute Gasteiger partial charge is 0.477 e. The van der Waals surface area contributed by atoms with Gasteiger partial charge in [0.25, 0.3) is 6.29 Å². The van der Waals surface area contributed by atoms with Gasteiger partial charge < -0.3 is 28.5 Å². The summed E-state index contributed by atoms with van der Waals surface area (Å²) in [6.45, 7) is 4.92. The number of likely N-dealkylation sites (N-methyl/N-ethyl adjacent to an activating group) is 1. The normalized spacial score (nSPS) is 12.8. The smallest absolute Gasteiger partial charge is 0.361 e. The van der Waals surface area contributed by atoms with Crippen molar-refractivity contribution in [2.45, 2.75) is 270 Å². The van der Waals surface area contributed by atoms with Crippen molar-refractivity contribution in [3.8, 4) is 0 Å². The van der Waals surface area contributed by atoms with Gasteiger partial charge >= 0.3 is 17.9 Å². The number of carbonyl (C=O) groups excluding carboxylic acids is 2. The zero-order valence-electron chi connectivity index (χ0n) is 42.3. The van der Waals surface area contributed by atoms with Gasteiger partial charge in [-0.15, -0.1) is 0 Å². The lowest BCUT2D eigenvalue weighted by Crippen LogP contribution is -2.40. The Morgan fingerprint density at radius 2 is 0.810 bits per heavy atom. The number of nitrogens with zero attached hydrogens (tertiary/aromatic N) is 1. The van der Waals surface area contributed by atoms with E-state index in [0.717, 1.165) is 38.5 Å². The molecule has 2 unspecified atom stereocenters. The number of rotatable bonds is 50. The minimum absolute atomic E-state index is 0.176. The van der Waals surface area contributed by atoms with E-state index in [-0.39, 0.29) is 38.2 Å². The standard InChI is InChI=1S/C54H103NO8/c1-6-8-10-12-14-16-18-20-22-23-24-25-26-27-28-29-31-33-35-37-39-41-43-45-52(57)63-50(49-62-54(53(58)59)60-47-46-55(3,4)5)48-61-51(56)44-42-40-38-36-34-32-30-21-19-17-15-13-11-9-7-2/h23-24,50,54H,6-22,25-49H2,1-5H3/p+1/b24-23-. The molecule has 0 bridgehead atoms. The summed E-state index contributed by atoms with van der Waals surface area (Å²) < 4.78 is 22.8. The molecule has 0 aromatic heterocycles. The summed E-state index contributed by atoms with van der Waals surface area (Å²) >= 11 is 0. The summed E-state index contributed by atoms with van der Waals surface area (Å²) in [5, 5.41) is 9.67. The van der Waals surface area contributed by atoms with E-state index >= 15 is 0 Å². The van der Waals surface area contributed by atoms with Crippen LogP contribution in [0.2, 0.25) is 0 Å². The van der Waals surface area contributed by atoms with Crippen molar-refractivity contribution >= 4 is 17.9 Å². The lowest BCUT2D eigenvalue weighted by Gasteiger charge is -2.25. The maximum absolute atomic E-state index is 12.8. The number of hydrogen-bond acceptors (Lipinski definition) is 7. The monoisotopic (exact) mass is 895 g/mol. The van der Waals surface area contributed by atoms with E-state index in [9.17, 15) is 19.5 Å². The van der Waals surface area contributed by atoms with E-state index in [0.29, 0.717) is 17.4 Å². The van der Waals surface area contributed by atoms with Crippen molar-refractivity contribution in [3.63, 3.8) is 0 Å². The molecule has 1 N–H and O–H groups in total. The van der Waals surface area contributed by atoms with E-state index in [4.69, 9.17) is 18.9 Å². The van der Waals surface area contributed by atoms with Gasteiger partial charge in [-0.3, -0.25) is 9.59 Å². The Morgan fingerprint density at radius 1 is 0.460 bits per heavy atom. The highest BCUT2D eigenvalue weighted by Crippen LogP contribution is 2.16. The Balaban J connectivity index is 4.25. The van der Waals surface area contributed by atoms with Crippen molar-refractivity contribution in [1.29, 1.82) is 0 Å².